The molecule has 0 amide bonds. The van der Waals surface area contributed by atoms with Gasteiger partial charge in [-0.1, -0.05) is 38.1 Å². The molecular formula is C22H26F2N6. The van der Waals surface area contributed by atoms with Crippen molar-refractivity contribution in [3.63, 3.8) is 0 Å². The molecular weight excluding hydrogens is 386 g/mol. The monoisotopic (exact) mass is 412 g/mol. The van der Waals surface area contributed by atoms with E-state index < -0.39 is 0 Å². The second-order valence-corrected chi connectivity index (χ2v) is 7.98. The Morgan fingerprint density at radius 3 is 2.30 bits per heavy atom. The van der Waals surface area contributed by atoms with Crippen LogP contribution in [0.5, 0.6) is 0 Å². The molecule has 0 saturated carbocycles. The Morgan fingerprint density at radius 2 is 1.63 bits per heavy atom. The van der Waals surface area contributed by atoms with Gasteiger partial charge in [0, 0.05) is 26.2 Å². The normalized spacial score (nSPS) is 16.2. The molecule has 6 nitrogen and oxygen atoms in total. The molecule has 2 aromatic carbocycles. The standard InChI is InChI=1S/C22H26F2N6/c1-16(2)21(22-25-26-27-30(22)15-17-7-9-18(23)10-8-17)29-13-11-28(12-14-29)20-6-4-3-5-19(20)24/h3-10,16,21H,11-15H2,1-2H3/t21-/m1/s1. The molecule has 1 aromatic heterocycles. The van der Waals surface area contributed by atoms with Gasteiger partial charge in [-0.15, -0.1) is 5.10 Å². The molecule has 0 radical (unpaired) electrons. The topological polar surface area (TPSA) is 50.1 Å². The summed E-state index contributed by atoms with van der Waals surface area (Å²) in [4.78, 5) is 4.46. The largest absolute Gasteiger partial charge is 0.367 e. The van der Waals surface area contributed by atoms with Crippen LogP contribution in [0, 0.1) is 17.6 Å². The molecule has 3 aromatic rings. The summed E-state index contributed by atoms with van der Waals surface area (Å²) in [6, 6.07) is 13.3. The molecule has 1 aliphatic heterocycles. The van der Waals surface area contributed by atoms with Crippen LogP contribution in [0.15, 0.2) is 48.5 Å². The van der Waals surface area contributed by atoms with Crippen molar-refractivity contribution in [2.45, 2.75) is 26.4 Å². The number of halogens is 2. The van der Waals surface area contributed by atoms with Gasteiger partial charge < -0.3 is 4.90 Å². The fourth-order valence-corrected chi connectivity index (χ4v) is 4.13. The average Bonchev–Trinajstić information content (AvgIpc) is 3.18. The predicted molar refractivity (Wildman–Crippen MR) is 111 cm³/mol. The van der Waals surface area contributed by atoms with Gasteiger partial charge in [-0.25, -0.2) is 13.5 Å². The molecule has 1 saturated heterocycles. The molecule has 4 rings (SSSR count). The van der Waals surface area contributed by atoms with Crippen LogP contribution in [0.1, 0.15) is 31.3 Å². The number of piperazine rings is 1. The van der Waals surface area contributed by atoms with E-state index in [0.717, 1.165) is 37.6 Å². The van der Waals surface area contributed by atoms with Gasteiger partial charge in [0.1, 0.15) is 11.6 Å². The van der Waals surface area contributed by atoms with Crippen LogP contribution >= 0.6 is 0 Å². The Bertz CT molecular complexity index is 964. The Hall–Kier alpha value is -2.87. The summed E-state index contributed by atoms with van der Waals surface area (Å²) in [5.41, 5.74) is 1.59. The maximum absolute atomic E-state index is 14.2. The molecule has 0 bridgehead atoms. The van der Waals surface area contributed by atoms with Gasteiger partial charge >= 0.3 is 0 Å². The lowest BCUT2D eigenvalue weighted by molar-refractivity contribution is 0.135. The van der Waals surface area contributed by atoms with Crippen molar-refractivity contribution in [1.29, 1.82) is 0 Å². The predicted octanol–water partition coefficient (Wildman–Crippen LogP) is 3.52. The zero-order chi connectivity index (χ0) is 21.1. The quantitative estimate of drug-likeness (QED) is 0.620. The summed E-state index contributed by atoms with van der Waals surface area (Å²) < 4.78 is 29.2. The second-order valence-electron chi connectivity index (χ2n) is 7.98. The van der Waals surface area contributed by atoms with E-state index in [-0.39, 0.29) is 17.7 Å². The fourth-order valence-electron chi connectivity index (χ4n) is 4.13. The van der Waals surface area contributed by atoms with E-state index in [4.69, 9.17) is 0 Å². The van der Waals surface area contributed by atoms with Crippen LogP contribution < -0.4 is 4.90 Å². The van der Waals surface area contributed by atoms with Gasteiger partial charge in [0.15, 0.2) is 5.82 Å². The lowest BCUT2D eigenvalue weighted by atomic mass is 10.0. The minimum Gasteiger partial charge on any atom is -0.367 e. The van der Waals surface area contributed by atoms with Gasteiger partial charge in [0.05, 0.1) is 18.3 Å². The van der Waals surface area contributed by atoms with Crippen molar-refractivity contribution in [1.82, 2.24) is 25.1 Å². The number of anilines is 1. The molecule has 1 aliphatic rings. The summed E-state index contributed by atoms with van der Waals surface area (Å²) in [5.74, 6) is 0.648. The average molecular weight is 412 g/mol. The number of para-hydroxylation sites is 1. The lowest BCUT2D eigenvalue weighted by Crippen LogP contribution is -2.49. The minimum absolute atomic E-state index is 0.0446. The number of hydrogen-bond donors (Lipinski definition) is 0. The van der Waals surface area contributed by atoms with Crippen LogP contribution in [0.2, 0.25) is 0 Å². The third kappa shape index (κ3) is 4.33. The molecule has 1 fully saturated rings. The molecule has 30 heavy (non-hydrogen) atoms. The Kier molecular flexibility index (Phi) is 6.03. The molecule has 0 unspecified atom stereocenters. The summed E-state index contributed by atoms with van der Waals surface area (Å²) in [6.07, 6.45) is 0. The molecule has 0 spiro atoms. The van der Waals surface area contributed by atoms with Crippen LogP contribution in [0.3, 0.4) is 0 Å². The highest BCUT2D eigenvalue weighted by Gasteiger charge is 2.31. The van der Waals surface area contributed by atoms with Crippen molar-refractivity contribution in [2.75, 3.05) is 31.1 Å². The number of rotatable bonds is 6. The summed E-state index contributed by atoms with van der Waals surface area (Å²) >= 11 is 0. The first-order valence-electron chi connectivity index (χ1n) is 10.3. The zero-order valence-electron chi connectivity index (χ0n) is 17.2. The number of tetrazole rings is 1. The van der Waals surface area contributed by atoms with Crippen molar-refractivity contribution in [3.05, 3.63) is 71.6 Å². The second kappa shape index (κ2) is 8.87. The van der Waals surface area contributed by atoms with Gasteiger partial charge in [-0.2, -0.15) is 0 Å². The molecule has 0 N–H and O–H groups in total. The molecule has 1 atom stereocenters. The van der Waals surface area contributed by atoms with Crippen molar-refractivity contribution < 1.29 is 8.78 Å². The van der Waals surface area contributed by atoms with E-state index in [0.29, 0.717) is 18.2 Å². The van der Waals surface area contributed by atoms with Gasteiger partial charge in [0.25, 0.3) is 0 Å². The third-order valence-electron chi connectivity index (χ3n) is 5.60. The van der Waals surface area contributed by atoms with Crippen LogP contribution in [-0.4, -0.2) is 51.3 Å². The fraction of sp³-hybridized carbons (Fsp3) is 0.409. The number of hydrogen-bond acceptors (Lipinski definition) is 5. The SMILES string of the molecule is CC(C)[C@H](c1nnnn1Cc1ccc(F)cc1)N1CCN(c2ccccc2F)CC1. The zero-order valence-corrected chi connectivity index (χ0v) is 17.2. The highest BCUT2D eigenvalue weighted by Crippen LogP contribution is 2.29. The van der Waals surface area contributed by atoms with E-state index in [2.05, 4.69) is 39.2 Å². The van der Waals surface area contributed by atoms with Crippen molar-refractivity contribution >= 4 is 5.69 Å². The van der Waals surface area contributed by atoms with Crippen molar-refractivity contribution in [3.8, 4) is 0 Å². The van der Waals surface area contributed by atoms with Crippen LogP contribution in [0.4, 0.5) is 14.5 Å². The number of aromatic nitrogens is 4. The van der Waals surface area contributed by atoms with Crippen LogP contribution in [0.25, 0.3) is 0 Å². The molecule has 2 heterocycles. The van der Waals surface area contributed by atoms with Crippen molar-refractivity contribution in [2.24, 2.45) is 5.92 Å². The highest BCUT2D eigenvalue weighted by atomic mass is 19.1. The minimum atomic E-state index is -0.261. The smallest absolute Gasteiger partial charge is 0.169 e. The van der Waals surface area contributed by atoms with Gasteiger partial charge in [0.2, 0.25) is 0 Å². The first kappa shape index (κ1) is 20.4. The van der Waals surface area contributed by atoms with E-state index in [1.165, 1.54) is 18.2 Å². The summed E-state index contributed by atoms with van der Waals surface area (Å²) in [7, 11) is 0. The summed E-state index contributed by atoms with van der Waals surface area (Å²) in [6.45, 7) is 7.87. The number of nitrogens with zero attached hydrogens (tertiary/aromatic N) is 6. The maximum atomic E-state index is 14.2. The van der Waals surface area contributed by atoms with E-state index in [1.807, 2.05) is 12.1 Å². The summed E-state index contributed by atoms with van der Waals surface area (Å²) in [5, 5.41) is 12.4. The lowest BCUT2D eigenvalue weighted by Gasteiger charge is -2.41. The first-order valence-corrected chi connectivity index (χ1v) is 10.3. The molecule has 0 aliphatic carbocycles. The van der Waals surface area contributed by atoms with Gasteiger partial charge in [-0.3, -0.25) is 4.90 Å². The third-order valence-corrected chi connectivity index (χ3v) is 5.60. The first-order chi connectivity index (χ1) is 14.5. The van der Waals surface area contributed by atoms with E-state index in [1.54, 1.807) is 22.9 Å². The maximum Gasteiger partial charge on any atom is 0.169 e. The van der Waals surface area contributed by atoms with E-state index >= 15 is 0 Å². The van der Waals surface area contributed by atoms with E-state index in [9.17, 15) is 8.78 Å². The Morgan fingerprint density at radius 1 is 0.933 bits per heavy atom. The van der Waals surface area contributed by atoms with Crippen LogP contribution in [-0.2, 0) is 6.54 Å². The molecule has 8 heteroatoms. The Labute approximate surface area is 175 Å². The Balaban J connectivity index is 1.50. The highest BCUT2D eigenvalue weighted by molar-refractivity contribution is 5.48. The van der Waals surface area contributed by atoms with Gasteiger partial charge in [-0.05, 0) is 46.2 Å². The number of benzene rings is 2. The molecule has 158 valence electrons.